The van der Waals surface area contributed by atoms with Gasteiger partial charge in [0.25, 0.3) is 5.91 Å². The number of likely N-dealkylation sites (tertiary alicyclic amines) is 1. The Hall–Kier alpha value is -4.01. The third-order valence-electron chi connectivity index (χ3n) is 5.99. The number of nitrogens with zero attached hydrogens (tertiary/aromatic N) is 3. The summed E-state index contributed by atoms with van der Waals surface area (Å²) in [6, 6.07) is 15.0. The molecule has 184 valence electrons. The van der Waals surface area contributed by atoms with E-state index in [0.717, 1.165) is 11.3 Å². The van der Waals surface area contributed by atoms with E-state index in [9.17, 15) is 9.59 Å². The summed E-state index contributed by atoms with van der Waals surface area (Å²) in [5, 5.41) is 7.87. The molecule has 2 amide bonds. The molecule has 0 unspecified atom stereocenters. The minimum absolute atomic E-state index is 0.0495. The van der Waals surface area contributed by atoms with Crippen molar-refractivity contribution < 1.29 is 23.8 Å². The van der Waals surface area contributed by atoms with Gasteiger partial charge in [0, 0.05) is 30.9 Å². The number of hydrogen-bond acceptors (Lipinski definition) is 6. The van der Waals surface area contributed by atoms with Crippen molar-refractivity contribution in [2.75, 3.05) is 33.9 Å². The number of benzene rings is 2. The molecule has 1 fully saturated rings. The van der Waals surface area contributed by atoms with Crippen LogP contribution in [0.15, 0.2) is 54.7 Å². The molecule has 4 rings (SSSR count). The molecule has 9 heteroatoms. The number of carbonyl (C=O) groups is 2. The van der Waals surface area contributed by atoms with Crippen LogP contribution in [0.5, 0.6) is 11.5 Å². The van der Waals surface area contributed by atoms with Crippen LogP contribution in [0.25, 0.3) is 16.9 Å². The zero-order valence-electron chi connectivity index (χ0n) is 20.2. The van der Waals surface area contributed by atoms with Crippen molar-refractivity contribution in [3.8, 4) is 28.4 Å². The van der Waals surface area contributed by atoms with Crippen molar-refractivity contribution in [1.29, 1.82) is 0 Å². The highest BCUT2D eigenvalue weighted by Gasteiger charge is 2.27. The fraction of sp³-hybridized carbons (Fsp3) is 0.346. The summed E-state index contributed by atoms with van der Waals surface area (Å²) in [5.41, 5.74) is 2.57. The molecular formula is C26H30N4O5. The molecule has 0 radical (unpaired) electrons. The lowest BCUT2D eigenvalue weighted by atomic mass is 10.0. The van der Waals surface area contributed by atoms with Crippen molar-refractivity contribution in [3.63, 3.8) is 0 Å². The van der Waals surface area contributed by atoms with E-state index in [0.29, 0.717) is 55.3 Å². The Kier molecular flexibility index (Phi) is 7.54. The van der Waals surface area contributed by atoms with Gasteiger partial charge in [0.1, 0.15) is 5.69 Å². The second-order valence-electron chi connectivity index (χ2n) is 8.17. The quantitative estimate of drug-likeness (QED) is 0.553. The van der Waals surface area contributed by atoms with E-state index in [1.165, 1.54) is 0 Å². The molecule has 1 aliphatic heterocycles. The normalized spacial score (nSPS) is 13.9. The number of hydrogen-bond donors (Lipinski definition) is 1. The van der Waals surface area contributed by atoms with Crippen molar-refractivity contribution >= 4 is 12.0 Å². The number of methoxy groups -OCH3 is 2. The zero-order chi connectivity index (χ0) is 24.8. The summed E-state index contributed by atoms with van der Waals surface area (Å²) in [4.78, 5) is 27.1. The van der Waals surface area contributed by atoms with Gasteiger partial charge in [-0.25, -0.2) is 9.48 Å². The van der Waals surface area contributed by atoms with Crippen LogP contribution in [0.1, 0.15) is 30.1 Å². The highest BCUT2D eigenvalue weighted by molar-refractivity contribution is 6.00. The zero-order valence-corrected chi connectivity index (χ0v) is 20.2. The SMILES string of the molecule is CCOC(=O)N1CCC(NC(=O)c2cn(-c3ccccc3)nc2-c2ccc(OC)c(OC)c2)CC1. The number of ether oxygens (including phenoxy) is 3. The van der Waals surface area contributed by atoms with Crippen LogP contribution in [0, 0.1) is 0 Å². The smallest absolute Gasteiger partial charge is 0.409 e. The number of nitrogens with one attached hydrogen (secondary N) is 1. The predicted octanol–water partition coefficient (Wildman–Crippen LogP) is 3.91. The van der Waals surface area contributed by atoms with Gasteiger partial charge in [-0.3, -0.25) is 4.79 Å². The molecule has 9 nitrogen and oxygen atoms in total. The number of amides is 2. The van der Waals surface area contributed by atoms with Crippen molar-refractivity contribution in [3.05, 3.63) is 60.3 Å². The monoisotopic (exact) mass is 478 g/mol. The van der Waals surface area contributed by atoms with Gasteiger partial charge in [0.15, 0.2) is 11.5 Å². The number of rotatable bonds is 7. The standard InChI is InChI=1S/C26H30N4O5/c1-4-35-26(32)29-14-12-19(13-15-29)27-25(31)21-17-30(20-8-6-5-7-9-20)28-24(21)18-10-11-22(33-2)23(16-18)34-3/h5-11,16-17,19H,4,12-15H2,1-3H3,(H,27,31). The Bertz CT molecular complexity index is 1170. The fourth-order valence-electron chi connectivity index (χ4n) is 4.13. The lowest BCUT2D eigenvalue weighted by Crippen LogP contribution is -2.46. The Morgan fingerprint density at radius 1 is 1.03 bits per heavy atom. The number of para-hydroxylation sites is 1. The predicted molar refractivity (Wildman–Crippen MR) is 131 cm³/mol. The first-order valence-corrected chi connectivity index (χ1v) is 11.6. The van der Waals surface area contributed by atoms with E-state index in [4.69, 9.17) is 19.3 Å². The first kappa shape index (κ1) is 24.1. The van der Waals surface area contributed by atoms with Crippen molar-refractivity contribution in [2.24, 2.45) is 0 Å². The van der Waals surface area contributed by atoms with Crippen molar-refractivity contribution in [1.82, 2.24) is 20.0 Å². The molecule has 2 heterocycles. The summed E-state index contributed by atoms with van der Waals surface area (Å²) in [5.74, 6) is 0.932. The van der Waals surface area contributed by atoms with Crippen LogP contribution in [0.2, 0.25) is 0 Å². The molecule has 1 saturated heterocycles. The molecule has 2 aromatic carbocycles. The minimum Gasteiger partial charge on any atom is -0.493 e. The second-order valence-corrected chi connectivity index (χ2v) is 8.17. The van der Waals surface area contributed by atoms with Gasteiger partial charge in [-0.2, -0.15) is 5.10 Å². The van der Waals surface area contributed by atoms with Gasteiger partial charge < -0.3 is 24.4 Å². The molecule has 1 N–H and O–H groups in total. The summed E-state index contributed by atoms with van der Waals surface area (Å²) in [7, 11) is 3.15. The maximum Gasteiger partial charge on any atom is 0.409 e. The van der Waals surface area contributed by atoms with E-state index in [-0.39, 0.29) is 18.0 Å². The largest absolute Gasteiger partial charge is 0.493 e. The molecule has 1 aromatic heterocycles. The summed E-state index contributed by atoms with van der Waals surface area (Å²) < 4.78 is 17.6. The van der Waals surface area contributed by atoms with E-state index < -0.39 is 0 Å². The maximum atomic E-state index is 13.4. The van der Waals surface area contributed by atoms with Gasteiger partial charge in [0.05, 0.1) is 32.1 Å². The maximum absolute atomic E-state index is 13.4. The minimum atomic E-state index is -0.308. The lowest BCUT2D eigenvalue weighted by molar-refractivity contribution is 0.0860. The molecule has 0 atom stereocenters. The summed E-state index contributed by atoms with van der Waals surface area (Å²) in [6.45, 7) is 3.21. The number of aromatic nitrogens is 2. The highest BCUT2D eigenvalue weighted by atomic mass is 16.6. The average Bonchev–Trinajstić information content (AvgIpc) is 3.35. The van der Waals surface area contributed by atoms with Crippen molar-refractivity contribution in [2.45, 2.75) is 25.8 Å². The van der Waals surface area contributed by atoms with Gasteiger partial charge in [0.2, 0.25) is 0 Å². The van der Waals surface area contributed by atoms with Crippen LogP contribution in [-0.4, -0.2) is 66.6 Å². The molecule has 1 aliphatic rings. The average molecular weight is 479 g/mol. The first-order valence-electron chi connectivity index (χ1n) is 11.6. The fourth-order valence-corrected chi connectivity index (χ4v) is 4.13. The lowest BCUT2D eigenvalue weighted by Gasteiger charge is -2.31. The Morgan fingerprint density at radius 3 is 2.40 bits per heavy atom. The van der Waals surface area contributed by atoms with E-state index >= 15 is 0 Å². The van der Waals surface area contributed by atoms with E-state index in [1.807, 2.05) is 42.5 Å². The van der Waals surface area contributed by atoms with Crippen LogP contribution in [-0.2, 0) is 4.74 Å². The van der Waals surface area contributed by atoms with Gasteiger partial charge in [-0.15, -0.1) is 0 Å². The third kappa shape index (κ3) is 5.40. The third-order valence-corrected chi connectivity index (χ3v) is 5.99. The molecule has 0 aliphatic carbocycles. The Morgan fingerprint density at radius 2 is 1.74 bits per heavy atom. The van der Waals surface area contributed by atoms with Crippen LogP contribution in [0.3, 0.4) is 0 Å². The van der Waals surface area contributed by atoms with Crippen LogP contribution >= 0.6 is 0 Å². The summed E-state index contributed by atoms with van der Waals surface area (Å²) in [6.07, 6.45) is 2.74. The van der Waals surface area contributed by atoms with Gasteiger partial charge >= 0.3 is 6.09 Å². The topological polar surface area (TPSA) is 94.9 Å². The highest BCUT2D eigenvalue weighted by Crippen LogP contribution is 2.33. The molecule has 3 aromatic rings. The number of carbonyl (C=O) groups excluding carboxylic acids is 2. The Balaban J connectivity index is 1.59. The molecule has 0 bridgehead atoms. The first-order chi connectivity index (χ1) is 17.0. The Labute approximate surface area is 204 Å². The molecule has 35 heavy (non-hydrogen) atoms. The van der Waals surface area contributed by atoms with Gasteiger partial charge in [-0.05, 0) is 50.1 Å². The number of piperidine rings is 1. The second kappa shape index (κ2) is 10.9. The summed E-state index contributed by atoms with van der Waals surface area (Å²) >= 11 is 0. The van der Waals surface area contributed by atoms with Gasteiger partial charge in [-0.1, -0.05) is 18.2 Å². The molecule has 0 spiro atoms. The van der Waals surface area contributed by atoms with E-state index in [2.05, 4.69) is 5.32 Å². The van der Waals surface area contributed by atoms with Crippen LogP contribution in [0.4, 0.5) is 4.79 Å². The molecular weight excluding hydrogens is 448 g/mol. The van der Waals surface area contributed by atoms with E-state index in [1.54, 1.807) is 43.0 Å². The van der Waals surface area contributed by atoms with Crippen LogP contribution < -0.4 is 14.8 Å². The molecule has 0 saturated carbocycles.